The van der Waals surface area contributed by atoms with Gasteiger partial charge in [-0.15, -0.1) is 5.10 Å². The van der Waals surface area contributed by atoms with Gasteiger partial charge in [0.15, 0.2) is 0 Å². The molecule has 0 aliphatic heterocycles. The SMILES string of the molecule is CC(C)(C)n1nnnc1SCC(=O)N(CCC#N)c1ccccc1F. The zero-order valence-electron chi connectivity index (χ0n) is 14.3. The van der Waals surface area contributed by atoms with Gasteiger partial charge in [-0.2, -0.15) is 5.26 Å². The molecule has 0 bridgehead atoms. The van der Waals surface area contributed by atoms with Crippen molar-refractivity contribution in [2.24, 2.45) is 0 Å². The molecule has 0 spiro atoms. The van der Waals surface area contributed by atoms with Crippen molar-refractivity contribution in [2.45, 2.75) is 37.9 Å². The van der Waals surface area contributed by atoms with Crippen LogP contribution < -0.4 is 4.90 Å². The molecule has 1 aromatic carbocycles. The normalized spacial score (nSPS) is 11.2. The lowest BCUT2D eigenvalue weighted by Gasteiger charge is -2.23. The lowest BCUT2D eigenvalue weighted by atomic mass is 10.1. The molecule has 1 aromatic heterocycles. The molecule has 0 atom stereocenters. The number of halogens is 1. The van der Waals surface area contributed by atoms with Gasteiger partial charge in [0.05, 0.1) is 29.5 Å². The Hall–Kier alpha value is -2.47. The molecule has 25 heavy (non-hydrogen) atoms. The fraction of sp³-hybridized carbons (Fsp3) is 0.438. The average Bonchev–Trinajstić information content (AvgIpc) is 3.03. The third-order valence-corrected chi connectivity index (χ3v) is 4.20. The number of nitrogens with zero attached hydrogens (tertiary/aromatic N) is 6. The summed E-state index contributed by atoms with van der Waals surface area (Å²) in [6.45, 7) is 5.98. The van der Waals surface area contributed by atoms with Gasteiger partial charge in [0.1, 0.15) is 5.82 Å². The Bertz CT molecular complexity index is 779. The first-order valence-electron chi connectivity index (χ1n) is 7.68. The van der Waals surface area contributed by atoms with E-state index in [-0.39, 0.29) is 35.9 Å². The standard InChI is InChI=1S/C16H19FN6OS/c1-16(2,3)23-15(19-20-21-23)25-11-14(24)22(10-6-9-18)13-8-5-4-7-12(13)17/h4-5,7-8H,6,10-11H2,1-3H3. The summed E-state index contributed by atoms with van der Waals surface area (Å²) in [7, 11) is 0. The van der Waals surface area contributed by atoms with Crippen LogP contribution in [0.4, 0.5) is 10.1 Å². The lowest BCUT2D eigenvalue weighted by Crippen LogP contribution is -2.34. The number of carbonyl (C=O) groups is 1. The Morgan fingerprint density at radius 3 is 2.76 bits per heavy atom. The first kappa shape index (κ1) is 18.9. The number of benzene rings is 1. The van der Waals surface area contributed by atoms with Crippen LogP contribution in [-0.4, -0.2) is 38.4 Å². The highest BCUT2D eigenvalue weighted by atomic mass is 32.2. The van der Waals surface area contributed by atoms with Crippen molar-refractivity contribution in [1.29, 1.82) is 5.26 Å². The molecule has 1 heterocycles. The quantitative estimate of drug-likeness (QED) is 0.734. The minimum atomic E-state index is -0.502. The molecule has 132 valence electrons. The van der Waals surface area contributed by atoms with E-state index >= 15 is 0 Å². The van der Waals surface area contributed by atoms with Crippen LogP contribution in [0, 0.1) is 17.1 Å². The molecule has 9 heteroatoms. The monoisotopic (exact) mass is 362 g/mol. The predicted molar refractivity (Wildman–Crippen MR) is 92.5 cm³/mol. The number of carbonyl (C=O) groups excluding carboxylic acids is 1. The lowest BCUT2D eigenvalue weighted by molar-refractivity contribution is -0.116. The summed E-state index contributed by atoms with van der Waals surface area (Å²) in [6.07, 6.45) is 0.116. The molecule has 0 N–H and O–H groups in total. The molecule has 7 nitrogen and oxygen atoms in total. The van der Waals surface area contributed by atoms with Crippen molar-refractivity contribution in [3.8, 4) is 6.07 Å². The van der Waals surface area contributed by atoms with Crippen molar-refractivity contribution in [3.05, 3.63) is 30.1 Å². The number of rotatable bonds is 6. The minimum Gasteiger partial charge on any atom is -0.308 e. The number of thioether (sulfide) groups is 1. The summed E-state index contributed by atoms with van der Waals surface area (Å²) in [5, 5.41) is 20.8. The van der Waals surface area contributed by atoms with E-state index in [9.17, 15) is 9.18 Å². The summed E-state index contributed by atoms with van der Waals surface area (Å²) in [4.78, 5) is 13.9. The zero-order valence-corrected chi connectivity index (χ0v) is 15.1. The van der Waals surface area contributed by atoms with Gasteiger partial charge in [0.25, 0.3) is 0 Å². The number of para-hydroxylation sites is 1. The molecule has 2 aromatic rings. The fourth-order valence-corrected chi connectivity index (χ4v) is 3.04. The summed E-state index contributed by atoms with van der Waals surface area (Å²) in [5.74, 6) is -0.775. The molecule has 1 amide bonds. The topological polar surface area (TPSA) is 87.7 Å². The molecular weight excluding hydrogens is 343 g/mol. The van der Waals surface area contributed by atoms with Gasteiger partial charge in [-0.25, -0.2) is 9.07 Å². The number of amides is 1. The van der Waals surface area contributed by atoms with Gasteiger partial charge >= 0.3 is 0 Å². The van der Waals surface area contributed by atoms with Gasteiger partial charge in [-0.3, -0.25) is 4.79 Å². The Kier molecular flexibility index (Phi) is 6.09. The number of hydrogen-bond acceptors (Lipinski definition) is 6. The number of nitriles is 1. The molecule has 0 aliphatic rings. The van der Waals surface area contributed by atoms with Gasteiger partial charge in [-0.05, 0) is 43.3 Å². The van der Waals surface area contributed by atoms with Crippen LogP contribution in [0.5, 0.6) is 0 Å². The van der Waals surface area contributed by atoms with E-state index in [1.54, 1.807) is 16.8 Å². The summed E-state index contributed by atoms with van der Waals surface area (Å²) < 4.78 is 15.7. The van der Waals surface area contributed by atoms with Crippen molar-refractivity contribution in [3.63, 3.8) is 0 Å². The van der Waals surface area contributed by atoms with E-state index < -0.39 is 5.82 Å². The summed E-state index contributed by atoms with van der Waals surface area (Å²) in [5.41, 5.74) is -0.153. The second kappa shape index (κ2) is 8.07. The van der Waals surface area contributed by atoms with Crippen molar-refractivity contribution in [1.82, 2.24) is 20.2 Å². The molecule has 0 saturated carbocycles. The second-order valence-electron chi connectivity index (χ2n) is 6.24. The predicted octanol–water partition coefficient (Wildman–Crippen LogP) is 2.61. The summed E-state index contributed by atoms with van der Waals surface area (Å²) in [6, 6.07) is 8.00. The van der Waals surface area contributed by atoms with Gasteiger partial charge in [-0.1, -0.05) is 23.9 Å². The van der Waals surface area contributed by atoms with Gasteiger partial charge in [0, 0.05) is 6.54 Å². The van der Waals surface area contributed by atoms with Crippen molar-refractivity contribution >= 4 is 23.4 Å². The Morgan fingerprint density at radius 2 is 2.12 bits per heavy atom. The average molecular weight is 362 g/mol. The van der Waals surface area contributed by atoms with Crippen LogP contribution >= 0.6 is 11.8 Å². The van der Waals surface area contributed by atoms with E-state index in [0.29, 0.717) is 5.16 Å². The Morgan fingerprint density at radius 1 is 1.40 bits per heavy atom. The molecule has 0 saturated heterocycles. The Balaban J connectivity index is 2.15. The van der Waals surface area contributed by atoms with Crippen molar-refractivity contribution < 1.29 is 9.18 Å². The molecule has 0 fully saturated rings. The van der Waals surface area contributed by atoms with Crippen molar-refractivity contribution in [2.75, 3.05) is 17.2 Å². The fourth-order valence-electron chi connectivity index (χ4n) is 2.11. The van der Waals surface area contributed by atoms with E-state index in [4.69, 9.17) is 5.26 Å². The van der Waals surface area contributed by atoms with E-state index in [1.165, 1.54) is 28.8 Å². The molecule has 2 rings (SSSR count). The van der Waals surface area contributed by atoms with E-state index in [1.807, 2.05) is 26.8 Å². The highest BCUT2D eigenvalue weighted by Crippen LogP contribution is 2.24. The first-order valence-corrected chi connectivity index (χ1v) is 8.66. The highest BCUT2D eigenvalue weighted by Gasteiger charge is 2.23. The maximum atomic E-state index is 14.0. The van der Waals surface area contributed by atoms with E-state index in [2.05, 4.69) is 15.5 Å². The summed E-state index contributed by atoms with van der Waals surface area (Å²) >= 11 is 1.18. The molecule has 0 unspecified atom stereocenters. The second-order valence-corrected chi connectivity index (χ2v) is 7.18. The van der Waals surface area contributed by atoms with Crippen LogP contribution in [0.15, 0.2) is 29.4 Å². The zero-order chi connectivity index (χ0) is 18.4. The van der Waals surface area contributed by atoms with Crippen LogP contribution in [0.1, 0.15) is 27.2 Å². The molecule has 0 radical (unpaired) electrons. The van der Waals surface area contributed by atoms with Gasteiger partial charge < -0.3 is 4.90 Å². The number of hydrogen-bond donors (Lipinski definition) is 0. The molecular formula is C16H19FN6OS. The van der Waals surface area contributed by atoms with Gasteiger partial charge in [0.2, 0.25) is 11.1 Å². The van der Waals surface area contributed by atoms with Crippen LogP contribution in [0.2, 0.25) is 0 Å². The third-order valence-electron chi connectivity index (χ3n) is 3.29. The number of tetrazole rings is 1. The Labute approximate surface area is 149 Å². The maximum Gasteiger partial charge on any atom is 0.237 e. The minimum absolute atomic E-state index is 0.0379. The number of aromatic nitrogens is 4. The largest absolute Gasteiger partial charge is 0.308 e. The first-order chi connectivity index (χ1) is 11.8. The number of anilines is 1. The third kappa shape index (κ3) is 4.76. The van der Waals surface area contributed by atoms with Crippen LogP contribution in [0.3, 0.4) is 0 Å². The molecule has 0 aliphatic carbocycles. The smallest absolute Gasteiger partial charge is 0.237 e. The highest BCUT2D eigenvalue weighted by molar-refractivity contribution is 7.99. The van der Waals surface area contributed by atoms with E-state index in [0.717, 1.165) is 0 Å². The van der Waals surface area contributed by atoms with Crippen LogP contribution in [0.25, 0.3) is 0 Å². The van der Waals surface area contributed by atoms with Crippen LogP contribution in [-0.2, 0) is 10.3 Å². The maximum absolute atomic E-state index is 14.0.